The third-order valence-corrected chi connectivity index (χ3v) is 5.90. The molecule has 0 aromatic heterocycles. The van der Waals surface area contributed by atoms with Crippen LogP contribution in [0.15, 0.2) is 21.5 Å². The number of rotatable bonds is 6. The molecule has 0 saturated carbocycles. The average Bonchev–Trinajstić information content (AvgIpc) is 2.34. The van der Waals surface area contributed by atoms with Gasteiger partial charge in [0.15, 0.2) is 0 Å². The summed E-state index contributed by atoms with van der Waals surface area (Å²) >= 11 is 3.07. The van der Waals surface area contributed by atoms with Crippen molar-refractivity contribution < 1.29 is 17.5 Å². The van der Waals surface area contributed by atoms with Gasteiger partial charge in [-0.1, -0.05) is 6.92 Å². The maximum atomic E-state index is 13.3. The molecule has 0 amide bonds. The van der Waals surface area contributed by atoms with Crippen LogP contribution in [0.3, 0.4) is 0 Å². The molecule has 1 unspecified atom stereocenters. The summed E-state index contributed by atoms with van der Waals surface area (Å²) in [5.41, 5.74) is 5.25. The minimum absolute atomic E-state index is 0.0544. The Morgan fingerprint density at radius 2 is 2.10 bits per heavy atom. The minimum Gasteiger partial charge on any atom is -0.396 e. The summed E-state index contributed by atoms with van der Waals surface area (Å²) in [6, 6.07) is 1.83. The van der Waals surface area contributed by atoms with Gasteiger partial charge in [-0.2, -0.15) is 4.31 Å². The van der Waals surface area contributed by atoms with Crippen LogP contribution in [-0.4, -0.2) is 39.0 Å². The van der Waals surface area contributed by atoms with Crippen molar-refractivity contribution in [2.24, 2.45) is 0 Å². The van der Waals surface area contributed by atoms with Crippen LogP contribution in [0, 0.1) is 5.82 Å². The molecule has 0 aliphatic heterocycles. The van der Waals surface area contributed by atoms with Gasteiger partial charge in [0.2, 0.25) is 10.0 Å². The normalized spacial score (nSPS) is 13.7. The Morgan fingerprint density at radius 1 is 1.50 bits per heavy atom. The van der Waals surface area contributed by atoms with E-state index in [0.29, 0.717) is 0 Å². The predicted molar refractivity (Wildman–Crippen MR) is 79.4 cm³/mol. The van der Waals surface area contributed by atoms with Crippen molar-refractivity contribution in [3.05, 3.63) is 22.4 Å². The Balaban J connectivity index is 3.31. The zero-order valence-electron chi connectivity index (χ0n) is 11.6. The molecule has 0 heterocycles. The summed E-state index contributed by atoms with van der Waals surface area (Å²) in [6.45, 7) is 4.01. The fourth-order valence-corrected chi connectivity index (χ4v) is 4.55. The van der Waals surface area contributed by atoms with E-state index in [1.54, 1.807) is 13.8 Å². The van der Waals surface area contributed by atoms with Crippen molar-refractivity contribution in [2.45, 2.75) is 24.8 Å². The van der Waals surface area contributed by atoms with E-state index in [-0.39, 0.29) is 34.2 Å². The van der Waals surface area contributed by atoms with Crippen LogP contribution in [0.2, 0.25) is 0 Å². The van der Waals surface area contributed by atoms with Gasteiger partial charge in [0, 0.05) is 24.2 Å². The van der Waals surface area contributed by atoms with Gasteiger partial charge in [-0.3, -0.25) is 0 Å². The van der Waals surface area contributed by atoms with Crippen molar-refractivity contribution in [2.75, 3.05) is 26.0 Å². The van der Waals surface area contributed by atoms with Crippen LogP contribution >= 0.6 is 15.9 Å². The molecule has 0 aliphatic carbocycles. The molecular formula is C12H18BrFN2O3S. The van der Waals surface area contributed by atoms with E-state index < -0.39 is 15.8 Å². The van der Waals surface area contributed by atoms with Gasteiger partial charge in [0.05, 0.1) is 17.2 Å². The lowest BCUT2D eigenvalue weighted by atomic mass is 10.3. The van der Waals surface area contributed by atoms with Crippen molar-refractivity contribution in [1.82, 2.24) is 4.31 Å². The molecule has 1 rings (SSSR count). The summed E-state index contributed by atoms with van der Waals surface area (Å²) < 4.78 is 45.0. The molecule has 0 fully saturated rings. The number of halogens is 2. The number of hydrogen-bond acceptors (Lipinski definition) is 4. The summed E-state index contributed by atoms with van der Waals surface area (Å²) in [6.07, 6.45) is 0. The van der Waals surface area contributed by atoms with Crippen LogP contribution < -0.4 is 5.73 Å². The zero-order valence-corrected chi connectivity index (χ0v) is 14.0. The molecule has 1 aromatic carbocycles. The van der Waals surface area contributed by atoms with E-state index in [0.717, 1.165) is 12.1 Å². The largest absolute Gasteiger partial charge is 0.396 e. The quantitative estimate of drug-likeness (QED) is 0.781. The minimum atomic E-state index is -3.78. The molecule has 0 radical (unpaired) electrons. The van der Waals surface area contributed by atoms with E-state index in [1.165, 1.54) is 11.4 Å². The highest BCUT2D eigenvalue weighted by atomic mass is 79.9. The number of hydrogen-bond donors (Lipinski definition) is 1. The molecule has 2 N–H and O–H groups in total. The number of sulfonamides is 1. The third kappa shape index (κ3) is 3.49. The van der Waals surface area contributed by atoms with Crippen molar-refractivity contribution in [1.29, 1.82) is 0 Å². The molecule has 5 nitrogen and oxygen atoms in total. The fourth-order valence-electron chi connectivity index (χ4n) is 1.91. The number of benzene rings is 1. The Labute approximate surface area is 127 Å². The molecule has 20 heavy (non-hydrogen) atoms. The highest BCUT2D eigenvalue weighted by molar-refractivity contribution is 9.10. The van der Waals surface area contributed by atoms with Crippen molar-refractivity contribution >= 4 is 31.6 Å². The third-order valence-electron chi connectivity index (χ3n) is 2.85. The van der Waals surface area contributed by atoms with E-state index in [2.05, 4.69) is 15.9 Å². The lowest BCUT2D eigenvalue weighted by molar-refractivity contribution is 0.142. The van der Waals surface area contributed by atoms with Gasteiger partial charge < -0.3 is 10.5 Å². The van der Waals surface area contributed by atoms with Crippen LogP contribution in [0.25, 0.3) is 0 Å². The fraction of sp³-hybridized carbons (Fsp3) is 0.500. The van der Waals surface area contributed by atoms with Gasteiger partial charge >= 0.3 is 0 Å². The van der Waals surface area contributed by atoms with E-state index in [1.807, 2.05) is 0 Å². The topological polar surface area (TPSA) is 72.6 Å². The van der Waals surface area contributed by atoms with Gasteiger partial charge in [-0.25, -0.2) is 12.8 Å². The van der Waals surface area contributed by atoms with E-state index in [9.17, 15) is 12.8 Å². The molecule has 8 heteroatoms. The standard InChI is InChI=1S/C12H18BrFN2O3S/c1-4-16(8(2)7-19-3)20(17,18)12-6-11(15)10(14)5-9(12)13/h5-6,8H,4,7,15H2,1-3H3. The van der Waals surface area contributed by atoms with Gasteiger partial charge in [0.1, 0.15) is 5.82 Å². The molecule has 0 bridgehead atoms. The lowest BCUT2D eigenvalue weighted by Gasteiger charge is -2.27. The molecular weight excluding hydrogens is 351 g/mol. The Morgan fingerprint density at radius 3 is 2.60 bits per heavy atom. The lowest BCUT2D eigenvalue weighted by Crippen LogP contribution is -2.41. The average molecular weight is 369 g/mol. The number of nitrogens with zero attached hydrogens (tertiary/aromatic N) is 1. The van der Waals surface area contributed by atoms with Crippen LogP contribution in [0.5, 0.6) is 0 Å². The highest BCUT2D eigenvalue weighted by Gasteiger charge is 2.30. The maximum absolute atomic E-state index is 13.3. The number of nitrogen functional groups attached to an aromatic ring is 1. The van der Waals surface area contributed by atoms with E-state index >= 15 is 0 Å². The predicted octanol–water partition coefficient (Wildman–Crippen LogP) is 2.22. The molecule has 1 aromatic rings. The second-order valence-corrected chi connectivity index (χ2v) is 7.03. The zero-order chi connectivity index (χ0) is 15.5. The Kier molecular flexibility index (Phi) is 5.93. The molecule has 114 valence electrons. The van der Waals surface area contributed by atoms with Crippen LogP contribution in [0.4, 0.5) is 10.1 Å². The Hall–Kier alpha value is -0.700. The van der Waals surface area contributed by atoms with Crippen molar-refractivity contribution in [3.8, 4) is 0 Å². The maximum Gasteiger partial charge on any atom is 0.244 e. The van der Waals surface area contributed by atoms with Gasteiger partial charge in [-0.05, 0) is 35.0 Å². The first-order chi connectivity index (χ1) is 9.25. The van der Waals surface area contributed by atoms with E-state index in [4.69, 9.17) is 10.5 Å². The smallest absolute Gasteiger partial charge is 0.244 e. The molecule has 0 spiro atoms. The summed E-state index contributed by atoms with van der Waals surface area (Å²) in [5, 5.41) is 0. The summed E-state index contributed by atoms with van der Waals surface area (Å²) in [7, 11) is -2.28. The van der Waals surface area contributed by atoms with Gasteiger partial charge in [0.25, 0.3) is 0 Å². The number of ether oxygens (including phenoxy) is 1. The summed E-state index contributed by atoms with van der Waals surface area (Å²) in [4.78, 5) is -0.0544. The first-order valence-corrected chi connectivity index (χ1v) is 8.24. The number of methoxy groups -OCH3 is 1. The molecule has 1 atom stereocenters. The van der Waals surface area contributed by atoms with Gasteiger partial charge in [-0.15, -0.1) is 0 Å². The number of likely N-dealkylation sites (N-methyl/N-ethyl adjacent to an activating group) is 1. The SMILES string of the molecule is CCN(C(C)COC)S(=O)(=O)c1cc(N)c(F)cc1Br. The number of nitrogens with two attached hydrogens (primary N) is 1. The molecule has 0 saturated heterocycles. The van der Waals surface area contributed by atoms with Crippen LogP contribution in [-0.2, 0) is 14.8 Å². The Bertz CT molecular complexity index is 580. The monoisotopic (exact) mass is 368 g/mol. The first kappa shape index (κ1) is 17.4. The van der Waals surface area contributed by atoms with Crippen molar-refractivity contribution in [3.63, 3.8) is 0 Å². The van der Waals surface area contributed by atoms with Crippen LogP contribution in [0.1, 0.15) is 13.8 Å². The number of anilines is 1. The second kappa shape index (κ2) is 6.84. The highest BCUT2D eigenvalue weighted by Crippen LogP contribution is 2.29. The second-order valence-electron chi connectivity index (χ2n) is 4.32. The summed E-state index contributed by atoms with van der Waals surface area (Å²) in [5.74, 6) is -0.663. The first-order valence-electron chi connectivity index (χ1n) is 6.01. The molecule has 0 aliphatic rings.